The van der Waals surface area contributed by atoms with Gasteiger partial charge in [0.1, 0.15) is 5.82 Å². The monoisotopic (exact) mass is 624 g/mol. The van der Waals surface area contributed by atoms with E-state index in [1.807, 2.05) is 6.07 Å². The minimum Gasteiger partial charge on any atom is -0.291 e. The Hall–Kier alpha value is -6.65. The van der Waals surface area contributed by atoms with Gasteiger partial charge in [-0.3, -0.25) is 4.57 Å². The maximum atomic E-state index is 5.28. The second-order valence-corrected chi connectivity index (χ2v) is 12.5. The zero-order valence-electron chi connectivity index (χ0n) is 26.5. The Balaban J connectivity index is 1.18. The highest BCUT2D eigenvalue weighted by Gasteiger charge is 2.25. The number of hydrogen-bond acceptors (Lipinski definition) is 3. The Morgan fingerprint density at radius 1 is 0.367 bits per heavy atom. The average Bonchev–Trinajstić information content (AvgIpc) is 3.52. The lowest BCUT2D eigenvalue weighted by Gasteiger charge is -2.14. The molecular weight excluding hydrogens is 597 g/mol. The molecule has 1 aliphatic rings. The largest absolute Gasteiger partial charge is 0.291 e. The maximum absolute atomic E-state index is 5.28. The van der Waals surface area contributed by atoms with Crippen LogP contribution >= 0.6 is 0 Å². The third-order valence-corrected chi connectivity index (χ3v) is 9.55. The Morgan fingerprint density at radius 3 is 1.86 bits per heavy atom. The molecule has 2 aromatic heterocycles. The van der Waals surface area contributed by atoms with Gasteiger partial charge in [0.2, 0.25) is 0 Å². The van der Waals surface area contributed by atoms with Crippen LogP contribution in [0.1, 0.15) is 0 Å². The van der Waals surface area contributed by atoms with Crippen molar-refractivity contribution >= 4 is 21.8 Å². The van der Waals surface area contributed by atoms with E-state index in [9.17, 15) is 0 Å². The van der Waals surface area contributed by atoms with E-state index >= 15 is 0 Å². The molecule has 0 radical (unpaired) electrons. The van der Waals surface area contributed by atoms with Crippen molar-refractivity contribution in [1.82, 2.24) is 19.5 Å². The summed E-state index contributed by atoms with van der Waals surface area (Å²) in [6.07, 6.45) is 0. The van der Waals surface area contributed by atoms with E-state index in [2.05, 4.69) is 168 Å². The topological polar surface area (TPSA) is 43.6 Å². The van der Waals surface area contributed by atoms with Gasteiger partial charge in [-0.05, 0) is 52.2 Å². The van der Waals surface area contributed by atoms with Gasteiger partial charge >= 0.3 is 0 Å². The van der Waals surface area contributed by atoms with Crippen LogP contribution in [0.15, 0.2) is 170 Å². The first-order chi connectivity index (χ1) is 24.3. The number of imidazole rings is 1. The Kier molecular flexibility index (Phi) is 6.15. The van der Waals surface area contributed by atoms with Gasteiger partial charge in [0.25, 0.3) is 0 Å². The lowest BCUT2D eigenvalue weighted by molar-refractivity contribution is 1.11. The standard InChI is InChI=1S/C45H28N4/c1-2-13-30(14-3-1)40-28-41(32-25-24-29-12-4-5-15-31(29)26-32)47-44(46-40)33-16-10-17-34(27-33)45-48-39-22-11-21-38-36-19-7-6-18-35(36)37-20-8-9-23-42(37)49(45)43(38)39/h1-28H. The van der Waals surface area contributed by atoms with E-state index in [0.717, 1.165) is 56.2 Å². The molecule has 4 heteroatoms. The van der Waals surface area contributed by atoms with Crippen molar-refractivity contribution in [2.45, 2.75) is 0 Å². The molecule has 10 rings (SSSR count). The molecule has 0 unspecified atom stereocenters. The quantitative estimate of drug-likeness (QED) is 0.196. The molecule has 1 aliphatic heterocycles. The van der Waals surface area contributed by atoms with Crippen LogP contribution in [0.2, 0.25) is 0 Å². The van der Waals surface area contributed by atoms with Crippen molar-refractivity contribution in [3.63, 3.8) is 0 Å². The lowest BCUT2D eigenvalue weighted by atomic mass is 9.94. The highest BCUT2D eigenvalue weighted by molar-refractivity contribution is 6.03. The molecule has 0 saturated heterocycles. The number of hydrogen-bond donors (Lipinski definition) is 0. The highest BCUT2D eigenvalue weighted by Crippen LogP contribution is 2.45. The number of fused-ring (bicyclic) bond motifs is 6. The summed E-state index contributed by atoms with van der Waals surface area (Å²) in [5.41, 5.74) is 13.8. The van der Waals surface area contributed by atoms with E-state index in [1.165, 1.54) is 33.0 Å². The van der Waals surface area contributed by atoms with Crippen molar-refractivity contribution in [2.24, 2.45) is 0 Å². The molecule has 0 fully saturated rings. The van der Waals surface area contributed by atoms with Crippen molar-refractivity contribution in [3.8, 4) is 73.2 Å². The number of para-hydroxylation sites is 2. The van der Waals surface area contributed by atoms with Crippen LogP contribution in [0.3, 0.4) is 0 Å². The second-order valence-electron chi connectivity index (χ2n) is 12.5. The molecular formula is C45H28N4. The van der Waals surface area contributed by atoms with Crippen molar-refractivity contribution in [2.75, 3.05) is 0 Å². The molecule has 0 atom stereocenters. The number of benzene rings is 7. The van der Waals surface area contributed by atoms with Gasteiger partial charge in [0.15, 0.2) is 5.82 Å². The number of nitrogens with zero attached hydrogens (tertiary/aromatic N) is 4. The van der Waals surface area contributed by atoms with Gasteiger partial charge in [-0.1, -0.05) is 140 Å². The fourth-order valence-electron chi connectivity index (χ4n) is 7.25. The van der Waals surface area contributed by atoms with Crippen LogP contribution < -0.4 is 0 Å². The van der Waals surface area contributed by atoms with Crippen LogP contribution in [0.25, 0.3) is 95.0 Å². The average molecular weight is 625 g/mol. The van der Waals surface area contributed by atoms with Crippen LogP contribution in [0.5, 0.6) is 0 Å². The van der Waals surface area contributed by atoms with Gasteiger partial charge < -0.3 is 0 Å². The van der Waals surface area contributed by atoms with E-state index in [-0.39, 0.29) is 0 Å². The molecule has 3 heterocycles. The first kappa shape index (κ1) is 27.5. The maximum Gasteiger partial charge on any atom is 0.160 e. The number of aromatic nitrogens is 4. The van der Waals surface area contributed by atoms with Gasteiger partial charge in [-0.2, -0.15) is 0 Å². The van der Waals surface area contributed by atoms with Crippen LogP contribution in [-0.4, -0.2) is 19.5 Å². The Morgan fingerprint density at radius 2 is 1.00 bits per heavy atom. The second kappa shape index (κ2) is 11.0. The summed E-state index contributed by atoms with van der Waals surface area (Å²) >= 11 is 0. The smallest absolute Gasteiger partial charge is 0.160 e. The van der Waals surface area contributed by atoms with Gasteiger partial charge in [0.05, 0.1) is 28.1 Å². The van der Waals surface area contributed by atoms with Crippen molar-refractivity contribution < 1.29 is 0 Å². The highest BCUT2D eigenvalue weighted by atomic mass is 15.1. The molecule has 7 aromatic carbocycles. The van der Waals surface area contributed by atoms with Crippen LogP contribution in [0, 0.1) is 0 Å². The summed E-state index contributed by atoms with van der Waals surface area (Å²) in [5, 5.41) is 2.39. The fourth-order valence-corrected chi connectivity index (χ4v) is 7.25. The molecule has 0 amide bonds. The normalized spacial score (nSPS) is 11.7. The van der Waals surface area contributed by atoms with Crippen LogP contribution in [0.4, 0.5) is 0 Å². The lowest BCUT2D eigenvalue weighted by Crippen LogP contribution is -2.00. The summed E-state index contributed by atoms with van der Waals surface area (Å²) in [6, 6.07) is 59.6. The number of rotatable bonds is 4. The predicted molar refractivity (Wildman–Crippen MR) is 200 cm³/mol. The van der Waals surface area contributed by atoms with Gasteiger partial charge in [0, 0.05) is 33.4 Å². The summed E-state index contributed by atoms with van der Waals surface area (Å²) in [6.45, 7) is 0. The molecule has 0 aliphatic carbocycles. The summed E-state index contributed by atoms with van der Waals surface area (Å²) in [7, 11) is 0. The molecule has 0 bridgehead atoms. The molecule has 49 heavy (non-hydrogen) atoms. The summed E-state index contributed by atoms with van der Waals surface area (Å²) < 4.78 is 2.33. The third-order valence-electron chi connectivity index (χ3n) is 9.55. The molecule has 0 N–H and O–H groups in total. The predicted octanol–water partition coefficient (Wildman–Crippen LogP) is 11.3. The first-order valence-electron chi connectivity index (χ1n) is 16.5. The molecule has 0 spiro atoms. The first-order valence-corrected chi connectivity index (χ1v) is 16.5. The van der Waals surface area contributed by atoms with E-state index in [1.54, 1.807) is 0 Å². The summed E-state index contributed by atoms with van der Waals surface area (Å²) in [4.78, 5) is 15.6. The van der Waals surface area contributed by atoms with E-state index in [4.69, 9.17) is 15.0 Å². The SMILES string of the molecule is c1ccc(-c2cc(-c3ccc4ccccc4c3)nc(-c3cccc(-c4nc5cccc6c5n4-c4ccccc4-c4ccccc4-6)c3)n2)cc1. The zero-order chi connectivity index (χ0) is 32.3. The van der Waals surface area contributed by atoms with E-state index < -0.39 is 0 Å². The van der Waals surface area contributed by atoms with E-state index in [0.29, 0.717) is 5.82 Å². The van der Waals surface area contributed by atoms with Gasteiger partial charge in [-0.15, -0.1) is 0 Å². The van der Waals surface area contributed by atoms with Crippen molar-refractivity contribution in [1.29, 1.82) is 0 Å². The molecule has 4 nitrogen and oxygen atoms in total. The minimum absolute atomic E-state index is 0.673. The van der Waals surface area contributed by atoms with Gasteiger partial charge in [-0.25, -0.2) is 15.0 Å². The fraction of sp³-hybridized carbons (Fsp3) is 0. The van der Waals surface area contributed by atoms with Crippen molar-refractivity contribution in [3.05, 3.63) is 170 Å². The zero-order valence-corrected chi connectivity index (χ0v) is 26.5. The summed E-state index contributed by atoms with van der Waals surface area (Å²) in [5.74, 6) is 1.56. The molecule has 0 saturated carbocycles. The van der Waals surface area contributed by atoms with Crippen LogP contribution in [-0.2, 0) is 0 Å². The third kappa shape index (κ3) is 4.49. The molecule has 9 aromatic rings. The minimum atomic E-state index is 0.673. The molecule has 228 valence electrons. The Labute approximate surface area is 283 Å². The Bertz CT molecular complexity index is 2720.